The average Bonchev–Trinajstić information content (AvgIpc) is 2.45. The number of nitrogens with one attached hydrogen (secondary N) is 1. The first-order valence-corrected chi connectivity index (χ1v) is 6.44. The van der Waals surface area contributed by atoms with E-state index >= 15 is 0 Å². The van der Waals surface area contributed by atoms with Gasteiger partial charge in [-0.25, -0.2) is 0 Å². The third kappa shape index (κ3) is 4.99. The Labute approximate surface area is 114 Å². The first-order valence-electron chi connectivity index (χ1n) is 6.44. The third-order valence-corrected chi connectivity index (χ3v) is 3.00. The van der Waals surface area contributed by atoms with Crippen LogP contribution >= 0.6 is 0 Å². The lowest BCUT2D eigenvalue weighted by Crippen LogP contribution is -2.30. The predicted octanol–water partition coefficient (Wildman–Crippen LogP) is 2.93. The fourth-order valence-corrected chi connectivity index (χ4v) is 1.85. The summed E-state index contributed by atoms with van der Waals surface area (Å²) in [5.41, 5.74) is 1.14. The van der Waals surface area contributed by atoms with Gasteiger partial charge in [-0.1, -0.05) is 19.1 Å². The molecule has 0 heterocycles. The summed E-state index contributed by atoms with van der Waals surface area (Å²) < 4.78 is 5.21. The number of ether oxygens (including phenoxy) is 1. The standard InChI is InChI=1S/C15H19N3O/c1-3-14(8-9-16)18-12(2)13-4-6-15(7-5-13)19-11-10-17/h4-7,12,14,18H,3,8,11H2,1-2H3. The van der Waals surface area contributed by atoms with Gasteiger partial charge in [-0.3, -0.25) is 0 Å². The molecule has 0 aromatic heterocycles. The van der Waals surface area contributed by atoms with Crippen LogP contribution in [0.15, 0.2) is 24.3 Å². The quantitative estimate of drug-likeness (QED) is 0.815. The van der Waals surface area contributed by atoms with Crippen LogP contribution in [0.1, 0.15) is 38.3 Å². The molecular formula is C15H19N3O. The molecule has 4 heteroatoms. The molecule has 2 atom stereocenters. The van der Waals surface area contributed by atoms with Gasteiger partial charge in [0, 0.05) is 12.1 Å². The number of benzene rings is 1. The second kappa shape index (κ2) is 8.13. The summed E-state index contributed by atoms with van der Waals surface area (Å²) in [7, 11) is 0. The minimum atomic E-state index is 0.0627. The summed E-state index contributed by atoms with van der Waals surface area (Å²) >= 11 is 0. The summed E-state index contributed by atoms with van der Waals surface area (Å²) in [6.45, 7) is 4.21. The molecule has 0 spiro atoms. The van der Waals surface area contributed by atoms with E-state index in [1.807, 2.05) is 30.3 Å². The van der Waals surface area contributed by atoms with E-state index in [0.717, 1.165) is 12.0 Å². The maximum absolute atomic E-state index is 8.74. The molecule has 4 nitrogen and oxygen atoms in total. The first-order chi connectivity index (χ1) is 9.21. The van der Waals surface area contributed by atoms with E-state index in [1.165, 1.54) is 0 Å². The zero-order valence-corrected chi connectivity index (χ0v) is 11.4. The highest BCUT2D eigenvalue weighted by atomic mass is 16.5. The third-order valence-electron chi connectivity index (χ3n) is 3.00. The number of nitriles is 2. The van der Waals surface area contributed by atoms with Gasteiger partial charge in [-0.05, 0) is 31.0 Å². The highest BCUT2D eigenvalue weighted by Gasteiger charge is 2.11. The molecule has 2 unspecified atom stereocenters. The topological polar surface area (TPSA) is 68.8 Å². The average molecular weight is 257 g/mol. The Bertz CT molecular complexity index is 456. The Morgan fingerprint density at radius 3 is 2.42 bits per heavy atom. The molecule has 0 aliphatic carbocycles. The number of nitrogens with zero attached hydrogens (tertiary/aromatic N) is 2. The van der Waals surface area contributed by atoms with Gasteiger partial charge in [0.2, 0.25) is 0 Å². The fourth-order valence-electron chi connectivity index (χ4n) is 1.85. The Kier molecular flexibility index (Phi) is 6.43. The lowest BCUT2D eigenvalue weighted by molar-refractivity contribution is 0.367. The van der Waals surface area contributed by atoms with Gasteiger partial charge >= 0.3 is 0 Å². The molecule has 0 fully saturated rings. The van der Waals surface area contributed by atoms with Gasteiger partial charge in [0.25, 0.3) is 0 Å². The monoisotopic (exact) mass is 257 g/mol. The van der Waals surface area contributed by atoms with Crippen molar-refractivity contribution in [3.05, 3.63) is 29.8 Å². The summed E-state index contributed by atoms with van der Waals surface area (Å²) in [5, 5.41) is 20.6. The van der Waals surface area contributed by atoms with Gasteiger partial charge in [0.05, 0.1) is 12.5 Å². The number of hydrogen-bond donors (Lipinski definition) is 1. The lowest BCUT2D eigenvalue weighted by Gasteiger charge is -2.20. The van der Waals surface area contributed by atoms with Gasteiger partial charge in [0.15, 0.2) is 6.61 Å². The van der Waals surface area contributed by atoms with Gasteiger partial charge < -0.3 is 10.1 Å². The van der Waals surface area contributed by atoms with Crippen molar-refractivity contribution in [2.45, 2.75) is 38.8 Å². The van der Waals surface area contributed by atoms with Crippen LogP contribution in [-0.2, 0) is 0 Å². The lowest BCUT2D eigenvalue weighted by atomic mass is 10.1. The van der Waals surface area contributed by atoms with Crippen LogP contribution in [0.3, 0.4) is 0 Å². The van der Waals surface area contributed by atoms with E-state index < -0.39 is 0 Å². The van der Waals surface area contributed by atoms with Crippen LogP contribution in [0.5, 0.6) is 5.75 Å². The van der Waals surface area contributed by atoms with Crippen molar-refractivity contribution in [1.82, 2.24) is 5.32 Å². The summed E-state index contributed by atoms with van der Waals surface area (Å²) in [6, 6.07) is 12.2. The molecule has 1 rings (SSSR count). The molecule has 0 amide bonds. The van der Waals surface area contributed by atoms with Gasteiger partial charge in [-0.15, -0.1) is 0 Å². The number of hydrogen-bond acceptors (Lipinski definition) is 4. The maximum atomic E-state index is 8.74. The second-order valence-electron chi connectivity index (χ2n) is 4.37. The number of rotatable bonds is 7. The van der Waals surface area contributed by atoms with Crippen molar-refractivity contribution in [2.75, 3.05) is 6.61 Å². The maximum Gasteiger partial charge on any atom is 0.174 e. The molecule has 0 aliphatic heterocycles. The predicted molar refractivity (Wildman–Crippen MR) is 73.4 cm³/mol. The van der Waals surface area contributed by atoms with Crippen LogP contribution in [0.2, 0.25) is 0 Å². The van der Waals surface area contributed by atoms with E-state index in [4.69, 9.17) is 15.3 Å². The van der Waals surface area contributed by atoms with Crippen LogP contribution in [0.25, 0.3) is 0 Å². The molecule has 1 aromatic rings. The zero-order valence-electron chi connectivity index (χ0n) is 11.4. The molecule has 100 valence electrons. The molecule has 0 radical (unpaired) electrons. The Hall–Kier alpha value is -2.04. The van der Waals surface area contributed by atoms with Crippen molar-refractivity contribution >= 4 is 0 Å². The smallest absolute Gasteiger partial charge is 0.174 e. The van der Waals surface area contributed by atoms with E-state index in [-0.39, 0.29) is 18.7 Å². The van der Waals surface area contributed by atoms with Crippen molar-refractivity contribution in [3.8, 4) is 17.9 Å². The molecule has 0 bridgehead atoms. The normalized spacial score (nSPS) is 13.1. The fraction of sp³-hybridized carbons (Fsp3) is 0.467. The first kappa shape index (κ1) is 15.0. The molecular weight excluding hydrogens is 238 g/mol. The molecule has 1 N–H and O–H groups in total. The SMILES string of the molecule is CCC(CC#N)NC(C)c1ccc(OCC#N)cc1. The van der Waals surface area contributed by atoms with Gasteiger partial charge in [0.1, 0.15) is 11.8 Å². The van der Waals surface area contributed by atoms with Crippen molar-refractivity contribution < 1.29 is 4.74 Å². The molecule has 1 aromatic carbocycles. The summed E-state index contributed by atoms with van der Waals surface area (Å²) in [5.74, 6) is 0.696. The summed E-state index contributed by atoms with van der Waals surface area (Å²) in [6.07, 6.45) is 1.45. The molecule has 0 saturated heterocycles. The van der Waals surface area contributed by atoms with E-state index in [9.17, 15) is 0 Å². The minimum Gasteiger partial charge on any atom is -0.479 e. The van der Waals surface area contributed by atoms with E-state index in [0.29, 0.717) is 12.2 Å². The van der Waals surface area contributed by atoms with Crippen molar-refractivity contribution in [1.29, 1.82) is 10.5 Å². The van der Waals surface area contributed by atoms with Crippen molar-refractivity contribution in [2.24, 2.45) is 0 Å². The second-order valence-corrected chi connectivity index (χ2v) is 4.37. The highest BCUT2D eigenvalue weighted by Crippen LogP contribution is 2.18. The van der Waals surface area contributed by atoms with Crippen LogP contribution in [0.4, 0.5) is 0 Å². The van der Waals surface area contributed by atoms with Crippen molar-refractivity contribution in [3.63, 3.8) is 0 Å². The Morgan fingerprint density at radius 2 is 1.89 bits per heavy atom. The molecule has 0 saturated carbocycles. The largest absolute Gasteiger partial charge is 0.479 e. The minimum absolute atomic E-state index is 0.0627. The Balaban J connectivity index is 2.60. The molecule has 0 aliphatic rings. The van der Waals surface area contributed by atoms with Gasteiger partial charge in [-0.2, -0.15) is 10.5 Å². The summed E-state index contributed by atoms with van der Waals surface area (Å²) in [4.78, 5) is 0. The van der Waals surface area contributed by atoms with E-state index in [1.54, 1.807) is 0 Å². The Morgan fingerprint density at radius 1 is 1.21 bits per heavy atom. The van der Waals surface area contributed by atoms with E-state index in [2.05, 4.69) is 25.2 Å². The molecule has 19 heavy (non-hydrogen) atoms. The van der Waals surface area contributed by atoms with Crippen LogP contribution < -0.4 is 10.1 Å². The van der Waals surface area contributed by atoms with Crippen LogP contribution in [-0.4, -0.2) is 12.6 Å². The highest BCUT2D eigenvalue weighted by molar-refractivity contribution is 5.29. The van der Waals surface area contributed by atoms with Crippen LogP contribution in [0, 0.1) is 22.7 Å². The zero-order chi connectivity index (χ0) is 14.1.